The van der Waals surface area contributed by atoms with Crippen molar-refractivity contribution in [2.45, 2.75) is 0 Å². The van der Waals surface area contributed by atoms with E-state index in [0.29, 0.717) is 0 Å². The minimum Gasteiger partial charge on any atom is -1.00 e. The van der Waals surface area contributed by atoms with Crippen LogP contribution in [0, 0.1) is 0 Å². The Morgan fingerprint density at radius 1 is 0.667 bits per heavy atom. The molecule has 0 aliphatic rings. The zero-order valence-corrected chi connectivity index (χ0v) is 22.6. The molecule has 5 nitrogen and oxygen atoms in total. The predicted octanol–water partition coefficient (Wildman–Crippen LogP) is -1.89. The second-order valence-electron chi connectivity index (χ2n) is 7.63. The average molecular weight is 659 g/mol. The van der Waals surface area contributed by atoms with E-state index in [2.05, 4.69) is 84.8 Å². The molecule has 166 valence electrons. The highest BCUT2D eigenvalue weighted by molar-refractivity contribution is 6.08. The quantitative estimate of drug-likeness (QED) is 0.182. The fourth-order valence-electron chi connectivity index (χ4n) is 3.69. The first-order valence-corrected chi connectivity index (χ1v) is 10.2. The van der Waals surface area contributed by atoms with E-state index in [-0.39, 0.29) is 48.0 Å². The summed E-state index contributed by atoms with van der Waals surface area (Å²) in [5.41, 5.74) is 6.69. The van der Waals surface area contributed by atoms with Crippen molar-refractivity contribution in [1.82, 2.24) is 15.0 Å². The maximum atomic E-state index is 4.21. The van der Waals surface area contributed by atoms with E-state index in [4.69, 9.17) is 0 Å². The molecule has 5 aromatic rings. The number of hydrogen-bond donors (Lipinski definition) is 1. The summed E-state index contributed by atoms with van der Waals surface area (Å²) in [6, 6.07) is 13.0. The van der Waals surface area contributed by atoms with Crippen molar-refractivity contribution < 1.29 is 57.1 Å². The van der Waals surface area contributed by atoms with Crippen LogP contribution in [0.2, 0.25) is 0 Å². The first kappa shape index (κ1) is 25.0. The highest BCUT2D eigenvalue weighted by Gasteiger charge is 2.07. The molecule has 33 heavy (non-hydrogen) atoms. The third-order valence-electron chi connectivity index (χ3n) is 5.52. The zero-order chi connectivity index (χ0) is 21.2. The normalized spacial score (nSPS) is 11.2. The lowest BCUT2D eigenvalue weighted by Gasteiger charge is -1.98. The van der Waals surface area contributed by atoms with Crippen LogP contribution in [0.5, 0.6) is 0 Å². The molecule has 0 amide bonds. The average Bonchev–Trinajstić information content (AvgIpc) is 3.15. The van der Waals surface area contributed by atoms with Crippen LogP contribution in [0.3, 0.4) is 0 Å². The third kappa shape index (κ3) is 5.47. The van der Waals surface area contributed by atoms with Gasteiger partial charge in [0.05, 0.1) is 24.8 Å². The molecule has 0 radical (unpaired) electrons. The van der Waals surface area contributed by atoms with E-state index in [1.807, 2.05) is 38.9 Å². The van der Waals surface area contributed by atoms with E-state index in [9.17, 15) is 0 Å². The van der Waals surface area contributed by atoms with Crippen LogP contribution >= 0.6 is 0 Å². The Kier molecular flexibility index (Phi) is 8.30. The second-order valence-corrected chi connectivity index (χ2v) is 7.63. The number of benzene rings is 2. The predicted molar refractivity (Wildman–Crippen MR) is 124 cm³/mol. The van der Waals surface area contributed by atoms with Gasteiger partial charge in [-0.15, -0.1) is 0 Å². The van der Waals surface area contributed by atoms with Crippen LogP contribution in [-0.4, -0.2) is 15.0 Å². The van der Waals surface area contributed by atoms with Crippen LogP contribution in [0.15, 0.2) is 73.6 Å². The molecular formula is C26H23I2N5. The summed E-state index contributed by atoms with van der Waals surface area (Å²) in [6.45, 7) is 0. The molecule has 2 aromatic carbocycles. The fraction of sp³-hybridized carbons (Fsp3) is 0.0769. The van der Waals surface area contributed by atoms with Crippen LogP contribution < -0.4 is 57.1 Å². The number of fused-ring (bicyclic) bond motifs is 3. The Balaban J connectivity index is 0.00000153. The number of aromatic nitrogens is 5. The van der Waals surface area contributed by atoms with Crippen molar-refractivity contribution >= 4 is 46.1 Å². The SMILES string of the molecule is C[n+]1ccncc1/C=C/c1ccc2[nH]c3ccc(/C=C/c4cncc[n+]4C)cc3c2c1.[I-].[I-]. The van der Waals surface area contributed by atoms with Crippen molar-refractivity contribution in [3.8, 4) is 0 Å². The molecule has 0 aliphatic heterocycles. The number of aromatic amines is 1. The lowest BCUT2D eigenvalue weighted by molar-refractivity contribution is -0.673. The van der Waals surface area contributed by atoms with Crippen molar-refractivity contribution in [3.05, 3.63) is 96.1 Å². The van der Waals surface area contributed by atoms with Gasteiger partial charge in [0.1, 0.15) is 14.1 Å². The first-order chi connectivity index (χ1) is 15.2. The van der Waals surface area contributed by atoms with Crippen molar-refractivity contribution in [3.63, 3.8) is 0 Å². The minimum atomic E-state index is 0. The van der Waals surface area contributed by atoms with Gasteiger partial charge < -0.3 is 52.9 Å². The van der Waals surface area contributed by atoms with Crippen LogP contribution in [0.25, 0.3) is 46.1 Å². The highest BCUT2D eigenvalue weighted by Crippen LogP contribution is 2.28. The molecule has 0 unspecified atom stereocenters. The van der Waals surface area contributed by atoms with Gasteiger partial charge >= 0.3 is 0 Å². The minimum absolute atomic E-state index is 0. The van der Waals surface area contributed by atoms with Crippen LogP contribution in [-0.2, 0) is 14.1 Å². The van der Waals surface area contributed by atoms with Crippen LogP contribution in [0.4, 0.5) is 0 Å². The largest absolute Gasteiger partial charge is 1.00 e. The number of aryl methyl sites for hydroxylation is 2. The van der Waals surface area contributed by atoms with Gasteiger partial charge in [-0.05, 0) is 47.5 Å². The van der Waals surface area contributed by atoms with E-state index in [0.717, 1.165) is 33.5 Å². The smallest absolute Gasteiger partial charge is 0.223 e. The van der Waals surface area contributed by atoms with E-state index in [1.54, 1.807) is 12.4 Å². The van der Waals surface area contributed by atoms with Gasteiger partial charge in [0, 0.05) is 34.0 Å². The number of nitrogens with one attached hydrogen (secondary N) is 1. The van der Waals surface area contributed by atoms with Crippen molar-refractivity contribution in [2.24, 2.45) is 14.1 Å². The molecule has 0 saturated carbocycles. The van der Waals surface area contributed by atoms with Gasteiger partial charge in [-0.25, -0.2) is 0 Å². The summed E-state index contributed by atoms with van der Waals surface area (Å²) in [5.74, 6) is 0. The molecule has 1 N–H and O–H groups in total. The maximum Gasteiger partial charge on any atom is 0.223 e. The summed E-state index contributed by atoms with van der Waals surface area (Å²) in [6.07, 6.45) is 19.6. The van der Waals surface area contributed by atoms with Crippen molar-refractivity contribution in [1.29, 1.82) is 0 Å². The topological polar surface area (TPSA) is 49.3 Å². The molecule has 0 atom stereocenters. The Morgan fingerprint density at radius 2 is 1.12 bits per heavy atom. The van der Waals surface area contributed by atoms with E-state index in [1.165, 1.54) is 10.8 Å². The Hall–Kier alpha value is -2.66. The molecule has 0 fully saturated rings. The summed E-state index contributed by atoms with van der Waals surface area (Å²) in [4.78, 5) is 11.9. The molecule has 3 heterocycles. The van der Waals surface area contributed by atoms with Gasteiger partial charge in [-0.2, -0.15) is 9.13 Å². The van der Waals surface area contributed by atoms with Gasteiger partial charge in [-0.3, -0.25) is 9.97 Å². The molecule has 7 heteroatoms. The number of nitrogens with zero attached hydrogens (tertiary/aromatic N) is 4. The molecule has 0 saturated heterocycles. The molecular weight excluding hydrogens is 636 g/mol. The fourth-order valence-corrected chi connectivity index (χ4v) is 3.69. The number of rotatable bonds is 4. The summed E-state index contributed by atoms with van der Waals surface area (Å²) < 4.78 is 4.10. The van der Waals surface area contributed by atoms with Gasteiger partial charge in [0.2, 0.25) is 11.4 Å². The molecule has 0 spiro atoms. The Morgan fingerprint density at radius 3 is 1.55 bits per heavy atom. The Bertz CT molecular complexity index is 1360. The summed E-state index contributed by atoms with van der Waals surface area (Å²) >= 11 is 0. The molecule has 3 aromatic heterocycles. The third-order valence-corrected chi connectivity index (χ3v) is 5.52. The van der Waals surface area contributed by atoms with E-state index >= 15 is 0 Å². The van der Waals surface area contributed by atoms with Gasteiger partial charge in [0.15, 0.2) is 12.4 Å². The standard InChI is InChI=1S/C26H22N5.2HI/c1-30-13-11-27-17-21(30)7-3-19-5-9-25-23(15-19)24-16-20(6-10-26(24)29-25)4-8-22-18-28-12-14-31(22)2;;/h3-18H,1-2H3;2*1H/q+1;;/p-1. The van der Waals surface area contributed by atoms with Crippen molar-refractivity contribution in [2.75, 3.05) is 0 Å². The highest BCUT2D eigenvalue weighted by atomic mass is 127. The molecule has 5 rings (SSSR count). The summed E-state index contributed by atoms with van der Waals surface area (Å²) in [5, 5.41) is 2.43. The van der Waals surface area contributed by atoms with Gasteiger partial charge in [-0.1, -0.05) is 12.1 Å². The first-order valence-electron chi connectivity index (χ1n) is 10.2. The number of hydrogen-bond acceptors (Lipinski definition) is 2. The maximum absolute atomic E-state index is 4.21. The number of halogens is 2. The van der Waals surface area contributed by atoms with Crippen LogP contribution in [0.1, 0.15) is 22.5 Å². The Labute approximate surface area is 227 Å². The van der Waals surface area contributed by atoms with Gasteiger partial charge in [0.25, 0.3) is 0 Å². The zero-order valence-electron chi connectivity index (χ0n) is 18.3. The van der Waals surface area contributed by atoms with E-state index < -0.39 is 0 Å². The molecule has 0 bridgehead atoms. The number of H-pyrrole nitrogens is 1. The lowest BCUT2D eigenvalue weighted by Crippen LogP contribution is -3.00. The lowest BCUT2D eigenvalue weighted by atomic mass is 10.1. The monoisotopic (exact) mass is 659 g/mol. The molecule has 0 aliphatic carbocycles. The summed E-state index contributed by atoms with van der Waals surface area (Å²) in [7, 11) is 4.04. The second kappa shape index (κ2) is 11.0.